The number of carbonyl (C=O) groups is 1. The quantitative estimate of drug-likeness (QED) is 0.804. The molecule has 1 heterocycles. The maximum absolute atomic E-state index is 11.4. The Bertz CT molecular complexity index is 345. The van der Waals surface area contributed by atoms with Gasteiger partial charge in [0.1, 0.15) is 0 Å². The van der Waals surface area contributed by atoms with Gasteiger partial charge in [-0.2, -0.15) is 0 Å². The first-order valence-corrected chi connectivity index (χ1v) is 5.45. The molecule has 0 spiro atoms. The van der Waals surface area contributed by atoms with Crippen molar-refractivity contribution < 1.29 is 4.79 Å². The van der Waals surface area contributed by atoms with Crippen LogP contribution in [0, 0.1) is 0 Å². The van der Waals surface area contributed by atoms with E-state index in [1.165, 1.54) is 5.56 Å². The normalized spacial score (nSPS) is 15.5. The molecule has 2 amide bonds. The van der Waals surface area contributed by atoms with E-state index in [9.17, 15) is 4.79 Å². The molecule has 2 rings (SSSR count). The van der Waals surface area contributed by atoms with Crippen LogP contribution in [0.4, 0.5) is 10.5 Å². The highest BCUT2D eigenvalue weighted by atomic mass is 16.2. The van der Waals surface area contributed by atoms with Crippen LogP contribution in [0.25, 0.3) is 0 Å². The molecule has 0 bridgehead atoms. The Balaban J connectivity index is 2.12. The predicted octanol–water partition coefficient (Wildman–Crippen LogP) is 2.17. The zero-order chi connectivity index (χ0) is 10.7. The number of benzene rings is 1. The number of anilines is 1. The molecule has 1 N–H and O–H groups in total. The Hall–Kier alpha value is -1.51. The van der Waals surface area contributed by atoms with E-state index in [0.717, 1.165) is 31.6 Å². The van der Waals surface area contributed by atoms with Gasteiger partial charge in [-0.15, -0.1) is 0 Å². The number of nitrogens with one attached hydrogen (secondary N) is 1. The molecule has 3 nitrogen and oxygen atoms in total. The second-order valence-electron chi connectivity index (χ2n) is 3.80. The molecule has 0 atom stereocenters. The molecule has 0 aromatic heterocycles. The number of carbonyl (C=O) groups excluding carboxylic acids is 1. The summed E-state index contributed by atoms with van der Waals surface area (Å²) in [6, 6.07) is 8.26. The Labute approximate surface area is 90.1 Å². The zero-order valence-corrected chi connectivity index (χ0v) is 8.99. The minimum atomic E-state index is 0.0123. The summed E-state index contributed by atoms with van der Waals surface area (Å²) >= 11 is 0. The summed E-state index contributed by atoms with van der Waals surface area (Å²) in [5.41, 5.74) is 2.32. The largest absolute Gasteiger partial charge is 0.336 e. The number of nitrogens with zero attached hydrogens (tertiary/aromatic N) is 1. The lowest BCUT2D eigenvalue weighted by molar-refractivity contribution is 0.252. The van der Waals surface area contributed by atoms with Crippen LogP contribution in [0.15, 0.2) is 24.3 Å². The predicted molar refractivity (Wildman–Crippen MR) is 61.2 cm³/mol. The van der Waals surface area contributed by atoms with Gasteiger partial charge in [0.15, 0.2) is 0 Å². The fourth-order valence-electron chi connectivity index (χ4n) is 1.85. The van der Waals surface area contributed by atoms with Crippen molar-refractivity contribution in [2.45, 2.75) is 19.8 Å². The maximum Gasteiger partial charge on any atom is 0.321 e. The molecule has 1 fully saturated rings. The van der Waals surface area contributed by atoms with Crippen molar-refractivity contribution in [2.75, 3.05) is 18.0 Å². The Morgan fingerprint density at radius 2 is 2.07 bits per heavy atom. The van der Waals surface area contributed by atoms with Crippen LogP contribution in [0.1, 0.15) is 18.9 Å². The van der Waals surface area contributed by atoms with Crippen LogP contribution in [0.5, 0.6) is 0 Å². The summed E-state index contributed by atoms with van der Waals surface area (Å²) in [5, 5.41) is 2.79. The molecule has 0 unspecified atom stereocenters. The lowest BCUT2D eigenvalue weighted by Gasteiger charge is -2.14. The molecule has 1 aliphatic rings. The molecular formula is C12H16N2O. The van der Waals surface area contributed by atoms with Crippen LogP contribution >= 0.6 is 0 Å². The molecular weight excluding hydrogens is 188 g/mol. The van der Waals surface area contributed by atoms with Gasteiger partial charge in [-0.25, -0.2) is 4.79 Å². The fourth-order valence-corrected chi connectivity index (χ4v) is 1.85. The average Bonchev–Trinajstić information content (AvgIpc) is 2.66. The van der Waals surface area contributed by atoms with Gasteiger partial charge in [0, 0.05) is 18.8 Å². The molecule has 1 aliphatic heterocycles. The fraction of sp³-hybridized carbons (Fsp3) is 0.417. The number of hydrogen-bond acceptors (Lipinski definition) is 1. The van der Waals surface area contributed by atoms with E-state index in [-0.39, 0.29) is 6.03 Å². The van der Waals surface area contributed by atoms with Crippen LogP contribution in [-0.2, 0) is 6.42 Å². The standard InChI is InChI=1S/C12H16N2O/c1-2-3-10-4-6-11(7-5-10)14-9-8-13-12(14)15/h4-7H,2-3,8-9H2,1H3,(H,13,15). The zero-order valence-electron chi connectivity index (χ0n) is 8.99. The third-order valence-electron chi connectivity index (χ3n) is 2.64. The second-order valence-corrected chi connectivity index (χ2v) is 3.80. The topological polar surface area (TPSA) is 32.3 Å². The molecule has 80 valence electrons. The smallest absolute Gasteiger partial charge is 0.321 e. The first-order chi connectivity index (χ1) is 7.31. The molecule has 15 heavy (non-hydrogen) atoms. The Kier molecular flexibility index (Phi) is 2.90. The highest BCUT2D eigenvalue weighted by Crippen LogP contribution is 2.17. The summed E-state index contributed by atoms with van der Waals surface area (Å²) in [6.07, 6.45) is 2.26. The van der Waals surface area contributed by atoms with Gasteiger partial charge in [0.2, 0.25) is 0 Å². The molecule has 1 saturated heterocycles. The average molecular weight is 204 g/mol. The maximum atomic E-state index is 11.4. The van der Waals surface area contributed by atoms with Crippen LogP contribution in [0.3, 0.4) is 0 Å². The van der Waals surface area contributed by atoms with Gasteiger partial charge in [0.25, 0.3) is 0 Å². The van der Waals surface area contributed by atoms with Crippen molar-refractivity contribution in [1.29, 1.82) is 0 Å². The van der Waals surface area contributed by atoms with E-state index < -0.39 is 0 Å². The van der Waals surface area contributed by atoms with Crippen molar-refractivity contribution >= 4 is 11.7 Å². The number of rotatable bonds is 3. The van der Waals surface area contributed by atoms with Crippen molar-refractivity contribution in [3.8, 4) is 0 Å². The van der Waals surface area contributed by atoms with Gasteiger partial charge in [-0.3, -0.25) is 4.90 Å². The number of amides is 2. The first kappa shape index (κ1) is 10.0. The van der Waals surface area contributed by atoms with Crippen LogP contribution in [-0.4, -0.2) is 19.1 Å². The van der Waals surface area contributed by atoms with E-state index in [1.54, 1.807) is 4.90 Å². The lowest BCUT2D eigenvalue weighted by Crippen LogP contribution is -2.27. The van der Waals surface area contributed by atoms with Crippen molar-refractivity contribution in [3.05, 3.63) is 29.8 Å². The van der Waals surface area contributed by atoms with Crippen molar-refractivity contribution in [1.82, 2.24) is 5.32 Å². The minimum Gasteiger partial charge on any atom is -0.336 e. The summed E-state index contributed by atoms with van der Waals surface area (Å²) in [6.45, 7) is 3.68. The summed E-state index contributed by atoms with van der Waals surface area (Å²) in [4.78, 5) is 13.2. The lowest BCUT2D eigenvalue weighted by atomic mass is 10.1. The van der Waals surface area contributed by atoms with Crippen LogP contribution < -0.4 is 10.2 Å². The molecule has 0 saturated carbocycles. The van der Waals surface area contributed by atoms with Gasteiger partial charge in [-0.05, 0) is 24.1 Å². The van der Waals surface area contributed by atoms with E-state index in [0.29, 0.717) is 0 Å². The minimum absolute atomic E-state index is 0.0123. The molecule has 0 radical (unpaired) electrons. The van der Waals surface area contributed by atoms with Gasteiger partial charge < -0.3 is 5.32 Å². The molecule has 3 heteroatoms. The van der Waals surface area contributed by atoms with Gasteiger partial charge in [0.05, 0.1) is 0 Å². The van der Waals surface area contributed by atoms with Crippen molar-refractivity contribution in [3.63, 3.8) is 0 Å². The van der Waals surface area contributed by atoms with E-state index in [1.807, 2.05) is 12.1 Å². The second kappa shape index (κ2) is 4.34. The van der Waals surface area contributed by atoms with E-state index in [2.05, 4.69) is 24.4 Å². The van der Waals surface area contributed by atoms with E-state index >= 15 is 0 Å². The third kappa shape index (κ3) is 2.12. The van der Waals surface area contributed by atoms with E-state index in [4.69, 9.17) is 0 Å². The SMILES string of the molecule is CCCc1ccc(N2CCNC2=O)cc1. The summed E-state index contributed by atoms with van der Waals surface area (Å²) in [5.74, 6) is 0. The Morgan fingerprint density at radius 3 is 2.60 bits per heavy atom. The molecule has 1 aromatic rings. The molecule has 1 aromatic carbocycles. The molecule has 0 aliphatic carbocycles. The van der Waals surface area contributed by atoms with Gasteiger partial charge >= 0.3 is 6.03 Å². The summed E-state index contributed by atoms with van der Waals surface area (Å²) in [7, 11) is 0. The number of hydrogen-bond donors (Lipinski definition) is 1. The number of aryl methyl sites for hydroxylation is 1. The summed E-state index contributed by atoms with van der Waals surface area (Å²) < 4.78 is 0. The monoisotopic (exact) mass is 204 g/mol. The number of urea groups is 1. The highest BCUT2D eigenvalue weighted by Gasteiger charge is 2.20. The third-order valence-corrected chi connectivity index (χ3v) is 2.64. The van der Waals surface area contributed by atoms with Crippen LogP contribution in [0.2, 0.25) is 0 Å². The first-order valence-electron chi connectivity index (χ1n) is 5.45. The van der Waals surface area contributed by atoms with Gasteiger partial charge in [-0.1, -0.05) is 25.5 Å². The highest BCUT2D eigenvalue weighted by molar-refractivity contribution is 5.93. The van der Waals surface area contributed by atoms with Crippen molar-refractivity contribution in [2.24, 2.45) is 0 Å². The Morgan fingerprint density at radius 1 is 1.33 bits per heavy atom.